The van der Waals surface area contributed by atoms with Gasteiger partial charge in [0.15, 0.2) is 0 Å². The lowest BCUT2D eigenvalue weighted by Gasteiger charge is -2.17. The zero-order valence-corrected chi connectivity index (χ0v) is 14.0. The lowest BCUT2D eigenvalue weighted by atomic mass is 9.99. The fraction of sp³-hybridized carbons (Fsp3) is 0.600. The molecule has 120 valence electrons. The van der Waals surface area contributed by atoms with Crippen molar-refractivity contribution in [2.45, 2.75) is 38.0 Å². The quantitative estimate of drug-likeness (QED) is 0.766. The van der Waals surface area contributed by atoms with Gasteiger partial charge in [-0.25, -0.2) is 13.1 Å². The summed E-state index contributed by atoms with van der Waals surface area (Å²) in [6, 6.07) is 7.60. The maximum atomic E-state index is 12.0. The van der Waals surface area contributed by atoms with Crippen molar-refractivity contribution in [3.63, 3.8) is 0 Å². The van der Waals surface area contributed by atoms with E-state index in [0.717, 1.165) is 5.56 Å². The highest BCUT2D eigenvalue weighted by molar-refractivity contribution is 7.90. The molecule has 0 aromatic heterocycles. The first-order valence-electron chi connectivity index (χ1n) is 7.10. The summed E-state index contributed by atoms with van der Waals surface area (Å²) in [7, 11) is -1.92. The standard InChI is InChI=1S/C15H26N2O3S/c1-11(2)13-5-7-14(8-6-13)15(16)9-17-21(18,19)12(3)10-20-4/h5-8,11-12,15,17H,9-10,16H2,1-4H3. The zero-order valence-electron chi connectivity index (χ0n) is 13.2. The molecule has 0 heterocycles. The number of sulfonamides is 1. The molecule has 0 aliphatic carbocycles. The predicted molar refractivity (Wildman–Crippen MR) is 85.7 cm³/mol. The first-order chi connectivity index (χ1) is 9.77. The molecule has 0 fully saturated rings. The van der Waals surface area contributed by atoms with Crippen LogP contribution in [0.15, 0.2) is 24.3 Å². The first kappa shape index (κ1) is 18.1. The van der Waals surface area contributed by atoms with Gasteiger partial charge in [0, 0.05) is 19.7 Å². The van der Waals surface area contributed by atoms with E-state index in [2.05, 4.69) is 18.6 Å². The second-order valence-electron chi connectivity index (χ2n) is 5.59. The van der Waals surface area contributed by atoms with Crippen molar-refractivity contribution < 1.29 is 13.2 Å². The van der Waals surface area contributed by atoms with E-state index in [9.17, 15) is 8.42 Å². The molecule has 0 aliphatic rings. The monoisotopic (exact) mass is 314 g/mol. The molecule has 5 nitrogen and oxygen atoms in total. The van der Waals surface area contributed by atoms with Gasteiger partial charge >= 0.3 is 0 Å². The van der Waals surface area contributed by atoms with E-state index in [1.165, 1.54) is 12.7 Å². The Morgan fingerprint density at radius 1 is 1.14 bits per heavy atom. The SMILES string of the molecule is COCC(C)S(=O)(=O)NCC(N)c1ccc(C(C)C)cc1. The fourth-order valence-electron chi connectivity index (χ4n) is 1.92. The molecule has 0 saturated carbocycles. The molecule has 2 atom stereocenters. The highest BCUT2D eigenvalue weighted by Gasteiger charge is 2.21. The van der Waals surface area contributed by atoms with Crippen LogP contribution in [0.3, 0.4) is 0 Å². The summed E-state index contributed by atoms with van der Waals surface area (Å²) in [6.07, 6.45) is 0. The summed E-state index contributed by atoms with van der Waals surface area (Å²) in [5.41, 5.74) is 8.20. The van der Waals surface area contributed by atoms with Crippen molar-refractivity contribution in [3.8, 4) is 0 Å². The van der Waals surface area contributed by atoms with Gasteiger partial charge in [-0.1, -0.05) is 38.1 Å². The first-order valence-corrected chi connectivity index (χ1v) is 8.65. The number of ether oxygens (including phenoxy) is 1. The van der Waals surface area contributed by atoms with Crippen molar-refractivity contribution in [1.82, 2.24) is 4.72 Å². The van der Waals surface area contributed by atoms with Crippen LogP contribution in [-0.2, 0) is 14.8 Å². The van der Waals surface area contributed by atoms with Crippen molar-refractivity contribution >= 4 is 10.0 Å². The van der Waals surface area contributed by atoms with Gasteiger partial charge in [0.25, 0.3) is 0 Å². The number of nitrogens with one attached hydrogen (secondary N) is 1. The summed E-state index contributed by atoms with van der Waals surface area (Å²) < 4.78 is 31.3. The molecule has 0 aliphatic heterocycles. The van der Waals surface area contributed by atoms with Gasteiger partial charge in [0.1, 0.15) is 0 Å². The Balaban J connectivity index is 2.63. The Morgan fingerprint density at radius 3 is 2.14 bits per heavy atom. The number of hydrogen-bond donors (Lipinski definition) is 2. The van der Waals surface area contributed by atoms with E-state index in [4.69, 9.17) is 10.5 Å². The largest absolute Gasteiger partial charge is 0.383 e. The summed E-state index contributed by atoms with van der Waals surface area (Å²) in [5.74, 6) is 0.462. The van der Waals surface area contributed by atoms with Gasteiger partial charge in [0.05, 0.1) is 11.9 Å². The Hall–Kier alpha value is -0.950. The van der Waals surface area contributed by atoms with Crippen molar-refractivity contribution in [3.05, 3.63) is 35.4 Å². The molecule has 1 aromatic rings. The molecule has 1 rings (SSSR count). The Bertz CT molecular complexity index is 526. The lowest BCUT2D eigenvalue weighted by molar-refractivity contribution is 0.200. The van der Waals surface area contributed by atoms with Gasteiger partial charge in [-0.3, -0.25) is 0 Å². The smallest absolute Gasteiger partial charge is 0.216 e. The maximum Gasteiger partial charge on any atom is 0.216 e. The van der Waals surface area contributed by atoms with Gasteiger partial charge in [-0.2, -0.15) is 0 Å². The van der Waals surface area contributed by atoms with E-state index in [-0.39, 0.29) is 19.2 Å². The Morgan fingerprint density at radius 2 is 1.67 bits per heavy atom. The van der Waals surface area contributed by atoms with Gasteiger partial charge in [-0.05, 0) is 24.0 Å². The van der Waals surface area contributed by atoms with Crippen LogP contribution >= 0.6 is 0 Å². The third kappa shape index (κ3) is 5.39. The second kappa shape index (κ2) is 7.89. The van der Waals surface area contributed by atoms with Crippen LogP contribution < -0.4 is 10.5 Å². The van der Waals surface area contributed by atoms with E-state index in [0.29, 0.717) is 5.92 Å². The Kier molecular flexibility index (Phi) is 6.80. The normalized spacial score (nSPS) is 15.1. The average molecular weight is 314 g/mol. The van der Waals surface area contributed by atoms with Crippen molar-refractivity contribution in [2.24, 2.45) is 5.73 Å². The van der Waals surface area contributed by atoms with E-state index in [1.807, 2.05) is 24.3 Å². The van der Waals surface area contributed by atoms with Crippen LogP contribution in [0.4, 0.5) is 0 Å². The minimum Gasteiger partial charge on any atom is -0.383 e. The number of benzene rings is 1. The van der Waals surface area contributed by atoms with Crippen LogP contribution in [0, 0.1) is 0 Å². The van der Waals surface area contributed by atoms with Gasteiger partial charge < -0.3 is 10.5 Å². The van der Waals surface area contributed by atoms with Crippen LogP contribution in [0.1, 0.15) is 43.9 Å². The highest BCUT2D eigenvalue weighted by atomic mass is 32.2. The summed E-state index contributed by atoms with van der Waals surface area (Å²) in [5, 5.41) is -0.599. The lowest BCUT2D eigenvalue weighted by Crippen LogP contribution is -2.39. The number of nitrogens with two attached hydrogens (primary N) is 1. The highest BCUT2D eigenvalue weighted by Crippen LogP contribution is 2.17. The number of hydrogen-bond acceptors (Lipinski definition) is 4. The predicted octanol–water partition coefficient (Wildman–Crippen LogP) is 1.76. The molecule has 2 unspecified atom stereocenters. The molecule has 1 aromatic carbocycles. The number of methoxy groups -OCH3 is 1. The third-order valence-electron chi connectivity index (χ3n) is 3.47. The molecular formula is C15H26N2O3S. The minimum absolute atomic E-state index is 0.160. The molecule has 6 heteroatoms. The fourth-order valence-corrected chi connectivity index (χ4v) is 2.93. The molecule has 3 N–H and O–H groups in total. The molecule has 0 radical (unpaired) electrons. The average Bonchev–Trinajstić information content (AvgIpc) is 2.45. The third-order valence-corrected chi connectivity index (χ3v) is 5.23. The van der Waals surface area contributed by atoms with Crippen LogP contribution in [0.25, 0.3) is 0 Å². The topological polar surface area (TPSA) is 81.4 Å². The van der Waals surface area contributed by atoms with E-state index < -0.39 is 15.3 Å². The molecule has 0 spiro atoms. The second-order valence-corrected chi connectivity index (χ2v) is 7.77. The van der Waals surface area contributed by atoms with Crippen molar-refractivity contribution in [2.75, 3.05) is 20.3 Å². The van der Waals surface area contributed by atoms with E-state index >= 15 is 0 Å². The van der Waals surface area contributed by atoms with Gasteiger partial charge in [-0.15, -0.1) is 0 Å². The molecular weight excluding hydrogens is 288 g/mol. The number of rotatable bonds is 8. The zero-order chi connectivity index (χ0) is 16.0. The maximum absolute atomic E-state index is 12.0. The van der Waals surface area contributed by atoms with Crippen LogP contribution in [-0.4, -0.2) is 33.9 Å². The van der Waals surface area contributed by atoms with Gasteiger partial charge in [0.2, 0.25) is 10.0 Å². The summed E-state index contributed by atoms with van der Waals surface area (Å²) in [4.78, 5) is 0. The molecule has 0 saturated heterocycles. The molecule has 0 amide bonds. The Labute approximate surface area is 127 Å². The minimum atomic E-state index is -3.40. The van der Waals surface area contributed by atoms with E-state index in [1.54, 1.807) is 6.92 Å². The molecule has 0 bridgehead atoms. The molecule has 21 heavy (non-hydrogen) atoms. The summed E-state index contributed by atoms with van der Waals surface area (Å²) >= 11 is 0. The van der Waals surface area contributed by atoms with Crippen LogP contribution in [0.5, 0.6) is 0 Å². The van der Waals surface area contributed by atoms with Crippen LogP contribution in [0.2, 0.25) is 0 Å². The summed E-state index contributed by atoms with van der Waals surface area (Å²) in [6.45, 7) is 6.19. The van der Waals surface area contributed by atoms with Crippen molar-refractivity contribution in [1.29, 1.82) is 0 Å².